The van der Waals surface area contributed by atoms with Crippen LogP contribution in [0.1, 0.15) is 28.5 Å². The number of H-pyrrole nitrogens is 1. The standard InChI is InChI=1S/C19H14Cl3N3O4/c20-10-4-6-11(7-5-10)25-16(26)8-15(24-25)19(29)23-14(9-17(27)28)12-2-1-3-13(21)18(12)22/h1-8,14,24H,9H2,(H,23,29)(H,27,28)/t14-/m0/s1. The molecule has 0 bridgehead atoms. The quantitative estimate of drug-likeness (QED) is 0.522. The van der Waals surface area contributed by atoms with Gasteiger partial charge in [0.05, 0.1) is 28.2 Å². The molecule has 3 rings (SSSR count). The summed E-state index contributed by atoms with van der Waals surface area (Å²) in [6.07, 6.45) is -0.423. The van der Waals surface area contributed by atoms with Gasteiger partial charge in [0.2, 0.25) is 0 Å². The zero-order valence-electron chi connectivity index (χ0n) is 14.7. The molecule has 7 nitrogen and oxygen atoms in total. The van der Waals surface area contributed by atoms with Crippen molar-refractivity contribution in [2.24, 2.45) is 0 Å². The van der Waals surface area contributed by atoms with E-state index >= 15 is 0 Å². The van der Waals surface area contributed by atoms with Gasteiger partial charge in [-0.05, 0) is 35.9 Å². The molecule has 10 heteroatoms. The number of aliphatic carboxylic acids is 1. The summed E-state index contributed by atoms with van der Waals surface area (Å²) in [5, 5.41) is 15.4. The fourth-order valence-electron chi connectivity index (χ4n) is 2.73. The number of amides is 1. The van der Waals surface area contributed by atoms with E-state index in [4.69, 9.17) is 34.8 Å². The number of nitrogens with one attached hydrogen (secondary N) is 2. The minimum atomic E-state index is -1.14. The van der Waals surface area contributed by atoms with E-state index in [9.17, 15) is 19.5 Å². The topological polar surface area (TPSA) is 104 Å². The van der Waals surface area contributed by atoms with Crippen LogP contribution >= 0.6 is 34.8 Å². The molecule has 0 radical (unpaired) electrons. The summed E-state index contributed by atoms with van der Waals surface area (Å²) in [4.78, 5) is 36.2. The summed E-state index contributed by atoms with van der Waals surface area (Å²) in [6.45, 7) is 0. The number of aromatic amines is 1. The Morgan fingerprint density at radius 1 is 1.10 bits per heavy atom. The van der Waals surface area contributed by atoms with Crippen molar-refractivity contribution in [3.8, 4) is 5.69 Å². The van der Waals surface area contributed by atoms with Crippen LogP contribution < -0.4 is 10.9 Å². The Morgan fingerprint density at radius 3 is 2.45 bits per heavy atom. The third-order valence-electron chi connectivity index (χ3n) is 4.09. The first-order valence-corrected chi connectivity index (χ1v) is 9.44. The molecule has 3 aromatic rings. The molecule has 3 N–H and O–H groups in total. The zero-order chi connectivity index (χ0) is 21.1. The van der Waals surface area contributed by atoms with E-state index in [0.717, 1.165) is 6.07 Å². The van der Waals surface area contributed by atoms with Gasteiger partial charge in [-0.2, -0.15) is 0 Å². The van der Waals surface area contributed by atoms with Gasteiger partial charge in [0.15, 0.2) is 0 Å². The van der Waals surface area contributed by atoms with Gasteiger partial charge in [-0.15, -0.1) is 0 Å². The molecule has 0 unspecified atom stereocenters. The number of carbonyl (C=O) groups excluding carboxylic acids is 1. The van der Waals surface area contributed by atoms with E-state index in [1.165, 1.54) is 4.68 Å². The summed E-state index contributed by atoms with van der Waals surface area (Å²) in [5.74, 6) is -1.81. The molecule has 1 heterocycles. The van der Waals surface area contributed by atoms with Gasteiger partial charge in [0.1, 0.15) is 5.69 Å². The summed E-state index contributed by atoms with van der Waals surface area (Å²) in [6, 6.07) is 11.3. The van der Waals surface area contributed by atoms with Gasteiger partial charge in [0, 0.05) is 11.1 Å². The highest BCUT2D eigenvalue weighted by Gasteiger charge is 2.23. The Kier molecular flexibility index (Phi) is 6.32. The number of carboxylic acids is 1. The molecule has 0 saturated carbocycles. The summed E-state index contributed by atoms with van der Waals surface area (Å²) in [5.41, 5.74) is 0.333. The van der Waals surface area contributed by atoms with Crippen molar-refractivity contribution in [1.82, 2.24) is 15.1 Å². The molecule has 150 valence electrons. The van der Waals surface area contributed by atoms with Crippen molar-refractivity contribution < 1.29 is 14.7 Å². The SMILES string of the molecule is O=C(O)C[C@H](NC(=O)c1cc(=O)n(-c2ccc(Cl)cc2)[nH]1)c1cccc(Cl)c1Cl. The largest absolute Gasteiger partial charge is 0.481 e. The third-order valence-corrected chi connectivity index (χ3v) is 5.18. The molecule has 1 aromatic heterocycles. The fourth-order valence-corrected chi connectivity index (χ4v) is 3.30. The molecule has 0 aliphatic carbocycles. The molecule has 1 atom stereocenters. The Morgan fingerprint density at radius 2 is 1.79 bits per heavy atom. The van der Waals surface area contributed by atoms with Crippen LogP contribution in [0, 0.1) is 0 Å². The molecule has 2 aromatic carbocycles. The van der Waals surface area contributed by atoms with Gasteiger partial charge >= 0.3 is 5.97 Å². The number of nitrogens with zero attached hydrogens (tertiary/aromatic N) is 1. The molecule has 29 heavy (non-hydrogen) atoms. The maximum atomic E-state index is 12.7. The van der Waals surface area contributed by atoms with Gasteiger partial charge in [-0.1, -0.05) is 46.9 Å². The molecule has 0 saturated heterocycles. The molecule has 0 spiro atoms. The molecular formula is C19H14Cl3N3O4. The maximum Gasteiger partial charge on any atom is 0.305 e. The van der Waals surface area contributed by atoms with Crippen molar-refractivity contribution in [2.45, 2.75) is 12.5 Å². The summed E-state index contributed by atoms with van der Waals surface area (Å²) >= 11 is 18.0. The second kappa shape index (κ2) is 8.73. The molecule has 0 aliphatic heterocycles. The van der Waals surface area contributed by atoms with Crippen molar-refractivity contribution in [2.75, 3.05) is 0 Å². The van der Waals surface area contributed by atoms with E-state index in [2.05, 4.69) is 10.4 Å². The predicted molar refractivity (Wildman–Crippen MR) is 110 cm³/mol. The Balaban J connectivity index is 1.89. The van der Waals surface area contributed by atoms with Crippen LogP contribution in [0.3, 0.4) is 0 Å². The lowest BCUT2D eigenvalue weighted by atomic mass is 10.0. The first-order chi connectivity index (χ1) is 13.8. The van der Waals surface area contributed by atoms with Crippen LogP contribution in [-0.2, 0) is 4.79 Å². The highest BCUT2D eigenvalue weighted by molar-refractivity contribution is 6.42. The van der Waals surface area contributed by atoms with Crippen LogP contribution in [0.5, 0.6) is 0 Å². The Labute approximate surface area is 179 Å². The van der Waals surface area contributed by atoms with Crippen molar-refractivity contribution >= 4 is 46.7 Å². The third kappa shape index (κ3) is 4.82. The number of carboxylic acid groups (broad SMARTS) is 1. The highest BCUT2D eigenvalue weighted by Crippen LogP contribution is 2.31. The monoisotopic (exact) mass is 453 g/mol. The summed E-state index contributed by atoms with van der Waals surface area (Å²) < 4.78 is 1.17. The Hall–Kier alpha value is -2.74. The predicted octanol–water partition coefficient (Wildman–Crippen LogP) is 4.07. The number of hydrogen-bond donors (Lipinski definition) is 3. The van der Waals surface area contributed by atoms with Gasteiger partial charge in [0.25, 0.3) is 11.5 Å². The average Bonchev–Trinajstić information content (AvgIpc) is 3.05. The number of halogens is 3. The summed E-state index contributed by atoms with van der Waals surface area (Å²) in [7, 11) is 0. The lowest BCUT2D eigenvalue weighted by Gasteiger charge is -2.18. The normalized spacial score (nSPS) is 11.8. The van der Waals surface area contributed by atoms with Crippen molar-refractivity contribution in [1.29, 1.82) is 0 Å². The number of aromatic nitrogens is 2. The minimum Gasteiger partial charge on any atom is -0.481 e. The van der Waals surface area contributed by atoms with Crippen molar-refractivity contribution in [3.05, 3.63) is 85.2 Å². The smallest absolute Gasteiger partial charge is 0.305 e. The van der Waals surface area contributed by atoms with E-state index < -0.39 is 29.9 Å². The number of hydrogen-bond acceptors (Lipinski definition) is 3. The lowest BCUT2D eigenvalue weighted by molar-refractivity contribution is -0.137. The van der Waals surface area contributed by atoms with Crippen LogP contribution in [-0.4, -0.2) is 26.8 Å². The first kappa shape index (κ1) is 21.0. The number of carbonyl (C=O) groups is 2. The molecule has 0 aliphatic rings. The van der Waals surface area contributed by atoms with E-state index in [1.807, 2.05) is 0 Å². The minimum absolute atomic E-state index is 0.0431. The van der Waals surface area contributed by atoms with E-state index in [1.54, 1.807) is 42.5 Å². The molecule has 0 fully saturated rings. The van der Waals surface area contributed by atoms with Crippen LogP contribution in [0.25, 0.3) is 5.69 Å². The number of rotatable bonds is 6. The van der Waals surface area contributed by atoms with Gasteiger partial charge < -0.3 is 10.4 Å². The van der Waals surface area contributed by atoms with Crippen molar-refractivity contribution in [3.63, 3.8) is 0 Å². The van der Waals surface area contributed by atoms with Gasteiger partial charge in [-0.3, -0.25) is 19.5 Å². The molecule has 1 amide bonds. The second-order valence-corrected chi connectivity index (χ2v) is 7.31. The molecular weight excluding hydrogens is 441 g/mol. The first-order valence-electron chi connectivity index (χ1n) is 8.31. The number of benzene rings is 2. The lowest BCUT2D eigenvalue weighted by Crippen LogP contribution is -2.30. The van der Waals surface area contributed by atoms with Crippen LogP contribution in [0.4, 0.5) is 0 Å². The van der Waals surface area contributed by atoms with Crippen LogP contribution in [0.15, 0.2) is 53.3 Å². The van der Waals surface area contributed by atoms with E-state index in [0.29, 0.717) is 16.3 Å². The van der Waals surface area contributed by atoms with E-state index in [-0.39, 0.29) is 15.7 Å². The fraction of sp³-hybridized carbons (Fsp3) is 0.105. The Bertz CT molecular complexity index is 1120. The van der Waals surface area contributed by atoms with Crippen LogP contribution in [0.2, 0.25) is 15.1 Å². The average molecular weight is 455 g/mol. The second-order valence-electron chi connectivity index (χ2n) is 6.09. The zero-order valence-corrected chi connectivity index (χ0v) is 16.9. The highest BCUT2D eigenvalue weighted by atomic mass is 35.5. The maximum absolute atomic E-state index is 12.7. The van der Waals surface area contributed by atoms with Gasteiger partial charge in [-0.25, -0.2) is 4.68 Å².